The van der Waals surface area contributed by atoms with Crippen LogP contribution in [0.15, 0.2) is 18.2 Å². The molecule has 1 amide bonds. The van der Waals surface area contributed by atoms with E-state index < -0.39 is 24.9 Å². The van der Waals surface area contributed by atoms with Crippen LogP contribution in [0, 0.1) is 0 Å². The van der Waals surface area contributed by atoms with Gasteiger partial charge < -0.3 is 14.8 Å². The first-order valence-electron chi connectivity index (χ1n) is 5.70. The van der Waals surface area contributed by atoms with Gasteiger partial charge >= 0.3 is 6.18 Å². The molecule has 1 aromatic rings. The highest BCUT2D eigenvalue weighted by molar-refractivity contribution is 5.91. The molecule has 19 heavy (non-hydrogen) atoms. The maximum absolute atomic E-state index is 12.0. The van der Waals surface area contributed by atoms with Crippen molar-refractivity contribution >= 4 is 11.6 Å². The van der Waals surface area contributed by atoms with Gasteiger partial charge in [-0.15, -0.1) is 0 Å². The number of anilines is 1. The molecular formula is C12H12F3NO3. The first-order chi connectivity index (χ1) is 8.94. The summed E-state index contributed by atoms with van der Waals surface area (Å²) >= 11 is 0. The summed E-state index contributed by atoms with van der Waals surface area (Å²) in [5.41, 5.74) is 0.386. The van der Waals surface area contributed by atoms with E-state index in [1.165, 1.54) is 6.07 Å². The number of halogens is 3. The van der Waals surface area contributed by atoms with Crippen molar-refractivity contribution in [2.24, 2.45) is 0 Å². The lowest BCUT2D eigenvalue weighted by atomic mass is 10.2. The summed E-state index contributed by atoms with van der Waals surface area (Å²) in [5, 5.41) is 2.39. The third kappa shape index (κ3) is 4.04. The number of alkyl halides is 3. The van der Waals surface area contributed by atoms with Crippen LogP contribution in [-0.4, -0.2) is 25.3 Å². The summed E-state index contributed by atoms with van der Waals surface area (Å²) < 4.78 is 46.5. The molecule has 0 aromatic heterocycles. The molecule has 0 atom stereocenters. The molecule has 1 heterocycles. The molecule has 0 radical (unpaired) electrons. The van der Waals surface area contributed by atoms with Crippen molar-refractivity contribution in [3.8, 4) is 11.5 Å². The number of amides is 1. The van der Waals surface area contributed by atoms with Gasteiger partial charge in [-0.2, -0.15) is 13.2 Å². The van der Waals surface area contributed by atoms with Gasteiger partial charge in [-0.1, -0.05) is 0 Å². The Bertz CT molecular complexity index is 474. The zero-order chi connectivity index (χ0) is 13.9. The Kier molecular flexibility index (Phi) is 3.82. The number of benzene rings is 1. The van der Waals surface area contributed by atoms with Crippen LogP contribution >= 0.6 is 0 Å². The molecule has 1 aromatic carbocycles. The molecule has 104 valence electrons. The zero-order valence-electron chi connectivity index (χ0n) is 9.92. The van der Waals surface area contributed by atoms with Gasteiger partial charge in [-0.3, -0.25) is 4.79 Å². The van der Waals surface area contributed by atoms with Crippen LogP contribution in [0.3, 0.4) is 0 Å². The standard InChI is InChI=1S/C12H12F3NO3/c13-12(14,15)4-3-11(17)16-8-1-2-9-10(7-8)19-6-5-18-9/h1-2,7H,3-6H2,(H,16,17). The molecule has 1 aliphatic heterocycles. The van der Waals surface area contributed by atoms with Crippen LogP contribution in [0.2, 0.25) is 0 Å². The average molecular weight is 275 g/mol. The van der Waals surface area contributed by atoms with Gasteiger partial charge in [0.05, 0.1) is 6.42 Å². The van der Waals surface area contributed by atoms with Crippen LogP contribution in [0.25, 0.3) is 0 Å². The molecule has 7 heteroatoms. The van der Waals surface area contributed by atoms with E-state index in [1.54, 1.807) is 12.1 Å². The van der Waals surface area contributed by atoms with Crippen LogP contribution in [-0.2, 0) is 4.79 Å². The molecule has 0 saturated carbocycles. The minimum atomic E-state index is -4.33. The van der Waals surface area contributed by atoms with E-state index in [-0.39, 0.29) is 0 Å². The molecule has 0 aliphatic carbocycles. The number of rotatable bonds is 3. The van der Waals surface area contributed by atoms with Crippen molar-refractivity contribution < 1.29 is 27.4 Å². The molecule has 0 bridgehead atoms. The van der Waals surface area contributed by atoms with Gasteiger partial charge in [-0.05, 0) is 12.1 Å². The van der Waals surface area contributed by atoms with E-state index >= 15 is 0 Å². The smallest absolute Gasteiger partial charge is 0.389 e. The van der Waals surface area contributed by atoms with Gasteiger partial charge in [0.15, 0.2) is 11.5 Å². The molecule has 0 spiro atoms. The van der Waals surface area contributed by atoms with E-state index in [2.05, 4.69) is 5.32 Å². The van der Waals surface area contributed by atoms with Gasteiger partial charge in [0, 0.05) is 18.2 Å². The van der Waals surface area contributed by atoms with E-state index in [4.69, 9.17) is 9.47 Å². The maximum Gasteiger partial charge on any atom is 0.389 e. The second-order valence-corrected chi connectivity index (χ2v) is 4.02. The monoisotopic (exact) mass is 275 g/mol. The minimum absolute atomic E-state index is 0.386. The highest BCUT2D eigenvalue weighted by Gasteiger charge is 2.27. The van der Waals surface area contributed by atoms with Crippen LogP contribution in [0.5, 0.6) is 11.5 Å². The van der Waals surface area contributed by atoms with Crippen molar-refractivity contribution in [2.75, 3.05) is 18.5 Å². The molecule has 2 rings (SSSR count). The predicted molar refractivity (Wildman–Crippen MR) is 61.4 cm³/mol. The Morgan fingerprint density at radius 3 is 2.58 bits per heavy atom. The summed E-state index contributed by atoms with van der Waals surface area (Å²) in [7, 11) is 0. The number of hydrogen-bond acceptors (Lipinski definition) is 3. The number of fused-ring (bicyclic) bond motifs is 1. The highest BCUT2D eigenvalue weighted by Crippen LogP contribution is 2.32. The van der Waals surface area contributed by atoms with Crippen molar-refractivity contribution in [1.29, 1.82) is 0 Å². The fourth-order valence-electron chi connectivity index (χ4n) is 1.60. The average Bonchev–Trinajstić information content (AvgIpc) is 2.35. The van der Waals surface area contributed by atoms with E-state index in [0.717, 1.165) is 0 Å². The van der Waals surface area contributed by atoms with Gasteiger partial charge in [0.1, 0.15) is 13.2 Å². The van der Waals surface area contributed by atoms with Crippen LogP contribution in [0.4, 0.5) is 18.9 Å². The van der Waals surface area contributed by atoms with Crippen molar-refractivity contribution in [3.63, 3.8) is 0 Å². The SMILES string of the molecule is O=C(CCC(F)(F)F)Nc1ccc2c(c1)OCCO2. The fraction of sp³-hybridized carbons (Fsp3) is 0.417. The second-order valence-electron chi connectivity index (χ2n) is 4.02. The minimum Gasteiger partial charge on any atom is -0.486 e. The Labute approximate surface area is 107 Å². The van der Waals surface area contributed by atoms with Crippen LogP contribution < -0.4 is 14.8 Å². The lowest BCUT2D eigenvalue weighted by Crippen LogP contribution is -2.18. The third-order valence-corrected chi connectivity index (χ3v) is 2.46. The summed E-state index contributed by atoms with van der Waals surface area (Å²) in [6.07, 6.45) is -6.06. The summed E-state index contributed by atoms with van der Waals surface area (Å²) in [6, 6.07) is 4.69. The normalized spacial score (nSPS) is 14.1. The van der Waals surface area contributed by atoms with Crippen molar-refractivity contribution in [1.82, 2.24) is 0 Å². The highest BCUT2D eigenvalue weighted by atomic mass is 19.4. The molecule has 1 N–H and O–H groups in total. The third-order valence-electron chi connectivity index (χ3n) is 2.46. The first kappa shape index (κ1) is 13.5. The number of carbonyl (C=O) groups excluding carboxylic acids is 1. The van der Waals surface area contributed by atoms with Crippen LogP contribution in [0.1, 0.15) is 12.8 Å². The molecule has 4 nitrogen and oxygen atoms in total. The number of carbonyl (C=O) groups is 1. The number of hydrogen-bond donors (Lipinski definition) is 1. The molecule has 1 aliphatic rings. The summed E-state index contributed by atoms with van der Waals surface area (Å²) in [6.45, 7) is 0.850. The predicted octanol–water partition coefficient (Wildman–Crippen LogP) is 2.74. The summed E-state index contributed by atoms with van der Waals surface area (Å²) in [4.78, 5) is 11.3. The van der Waals surface area contributed by atoms with E-state index in [1.807, 2.05) is 0 Å². The number of nitrogens with one attached hydrogen (secondary N) is 1. The molecule has 0 saturated heterocycles. The van der Waals surface area contributed by atoms with Crippen molar-refractivity contribution in [3.05, 3.63) is 18.2 Å². The van der Waals surface area contributed by atoms with Gasteiger partial charge in [0.25, 0.3) is 0 Å². The molecular weight excluding hydrogens is 263 g/mol. The quantitative estimate of drug-likeness (QED) is 0.922. The van der Waals surface area contributed by atoms with Gasteiger partial charge in [-0.25, -0.2) is 0 Å². The van der Waals surface area contributed by atoms with Crippen molar-refractivity contribution in [2.45, 2.75) is 19.0 Å². The first-order valence-corrected chi connectivity index (χ1v) is 5.70. The Balaban J connectivity index is 1.94. The Hall–Kier alpha value is -1.92. The van der Waals surface area contributed by atoms with E-state index in [0.29, 0.717) is 30.4 Å². The zero-order valence-corrected chi connectivity index (χ0v) is 9.92. The topological polar surface area (TPSA) is 47.6 Å². The van der Waals surface area contributed by atoms with E-state index in [9.17, 15) is 18.0 Å². The summed E-state index contributed by atoms with van der Waals surface area (Å²) in [5.74, 6) is 0.341. The lowest BCUT2D eigenvalue weighted by Gasteiger charge is -2.19. The fourth-order valence-corrected chi connectivity index (χ4v) is 1.60. The lowest BCUT2D eigenvalue weighted by molar-refractivity contribution is -0.142. The largest absolute Gasteiger partial charge is 0.486 e. The second kappa shape index (κ2) is 5.38. The number of ether oxygens (including phenoxy) is 2. The van der Waals surface area contributed by atoms with Gasteiger partial charge in [0.2, 0.25) is 5.91 Å². The molecule has 0 fully saturated rings. The Morgan fingerprint density at radius 1 is 1.21 bits per heavy atom. The maximum atomic E-state index is 12.0. The molecule has 0 unspecified atom stereocenters. The Morgan fingerprint density at radius 2 is 1.89 bits per heavy atom.